The molecule has 1 fully saturated rings. The van der Waals surface area contributed by atoms with Crippen LogP contribution < -0.4 is 4.90 Å². The zero-order valence-electron chi connectivity index (χ0n) is 9.06. The molecule has 1 aliphatic rings. The first kappa shape index (κ1) is 10.7. The number of aromatic carboxylic acids is 1. The van der Waals surface area contributed by atoms with Crippen molar-refractivity contribution in [3.8, 4) is 0 Å². The highest BCUT2D eigenvalue weighted by molar-refractivity contribution is 6.01. The van der Waals surface area contributed by atoms with Crippen LogP contribution in [0.3, 0.4) is 0 Å². The van der Waals surface area contributed by atoms with E-state index in [1.165, 1.54) is 0 Å². The third kappa shape index (κ3) is 1.66. The second kappa shape index (κ2) is 3.96. The van der Waals surface area contributed by atoms with Gasteiger partial charge in [-0.1, -0.05) is 13.0 Å². The number of amides is 1. The van der Waals surface area contributed by atoms with Gasteiger partial charge < -0.3 is 10.0 Å². The van der Waals surface area contributed by atoms with Gasteiger partial charge in [0.2, 0.25) is 5.91 Å². The molecule has 0 bridgehead atoms. The van der Waals surface area contributed by atoms with E-state index in [9.17, 15) is 9.59 Å². The summed E-state index contributed by atoms with van der Waals surface area (Å²) in [5.74, 6) is -0.894. The topological polar surface area (TPSA) is 57.6 Å². The fraction of sp³-hybridized carbons (Fsp3) is 0.333. The summed E-state index contributed by atoms with van der Waals surface area (Å²) in [6, 6.07) is 4.94. The number of anilines is 1. The van der Waals surface area contributed by atoms with E-state index in [4.69, 9.17) is 5.11 Å². The van der Waals surface area contributed by atoms with Crippen LogP contribution in [0.4, 0.5) is 5.69 Å². The predicted octanol–water partition coefficient (Wildman–Crippen LogP) is 1.68. The van der Waals surface area contributed by atoms with Gasteiger partial charge in [-0.05, 0) is 24.1 Å². The number of benzene rings is 1. The van der Waals surface area contributed by atoms with Gasteiger partial charge in [-0.25, -0.2) is 4.79 Å². The molecule has 1 saturated heterocycles. The predicted molar refractivity (Wildman–Crippen MR) is 59.7 cm³/mol. The van der Waals surface area contributed by atoms with Crippen LogP contribution in [-0.2, 0) is 11.2 Å². The first-order valence-electron chi connectivity index (χ1n) is 5.30. The number of hydrogen-bond donors (Lipinski definition) is 1. The Morgan fingerprint density at radius 3 is 2.69 bits per heavy atom. The average Bonchev–Trinajstić information content (AvgIpc) is 2.27. The number of rotatable bonds is 3. The van der Waals surface area contributed by atoms with Crippen molar-refractivity contribution in [3.63, 3.8) is 0 Å². The lowest BCUT2D eigenvalue weighted by Crippen LogP contribution is -2.44. The van der Waals surface area contributed by atoms with E-state index < -0.39 is 5.97 Å². The van der Waals surface area contributed by atoms with Gasteiger partial charge in [0, 0.05) is 18.7 Å². The van der Waals surface area contributed by atoms with E-state index in [0.29, 0.717) is 13.0 Å². The molecule has 4 nitrogen and oxygen atoms in total. The van der Waals surface area contributed by atoms with Crippen LogP contribution in [-0.4, -0.2) is 23.5 Å². The molecule has 84 valence electrons. The highest BCUT2D eigenvalue weighted by atomic mass is 16.4. The first-order valence-corrected chi connectivity index (χ1v) is 5.30. The quantitative estimate of drug-likeness (QED) is 0.787. The van der Waals surface area contributed by atoms with E-state index in [1.54, 1.807) is 23.1 Å². The van der Waals surface area contributed by atoms with E-state index >= 15 is 0 Å². The molecule has 2 rings (SSSR count). The largest absolute Gasteiger partial charge is 0.478 e. The molecule has 1 amide bonds. The third-order valence-electron chi connectivity index (χ3n) is 2.85. The molecule has 1 aromatic rings. The molecule has 0 radical (unpaired) electrons. The fourth-order valence-corrected chi connectivity index (χ4v) is 1.82. The van der Waals surface area contributed by atoms with E-state index in [2.05, 4.69) is 0 Å². The van der Waals surface area contributed by atoms with E-state index in [0.717, 1.165) is 17.7 Å². The van der Waals surface area contributed by atoms with Gasteiger partial charge in [0.25, 0.3) is 0 Å². The summed E-state index contributed by atoms with van der Waals surface area (Å²) < 4.78 is 0. The Kier molecular flexibility index (Phi) is 2.64. The van der Waals surface area contributed by atoms with Crippen LogP contribution in [0.15, 0.2) is 18.2 Å². The monoisotopic (exact) mass is 219 g/mol. The maximum absolute atomic E-state index is 11.4. The molecule has 0 spiro atoms. The number of carbonyl (C=O) groups excluding carboxylic acids is 1. The van der Waals surface area contributed by atoms with Gasteiger partial charge in [0.15, 0.2) is 0 Å². The average molecular weight is 219 g/mol. The van der Waals surface area contributed by atoms with Gasteiger partial charge in [0.1, 0.15) is 0 Å². The number of carbonyl (C=O) groups is 2. The molecule has 0 unspecified atom stereocenters. The van der Waals surface area contributed by atoms with Gasteiger partial charge in [-0.3, -0.25) is 4.79 Å². The maximum Gasteiger partial charge on any atom is 0.335 e. The van der Waals surface area contributed by atoms with Crippen LogP contribution in [0.2, 0.25) is 0 Å². The summed E-state index contributed by atoms with van der Waals surface area (Å²) in [4.78, 5) is 23.9. The minimum Gasteiger partial charge on any atom is -0.478 e. The SMILES string of the molecule is CCc1ccc(C(=O)O)cc1N1CCC1=O. The maximum atomic E-state index is 11.4. The van der Waals surface area contributed by atoms with Gasteiger partial charge in [-0.15, -0.1) is 0 Å². The highest BCUT2D eigenvalue weighted by Gasteiger charge is 2.27. The molecule has 4 heteroatoms. The number of nitrogens with zero attached hydrogens (tertiary/aromatic N) is 1. The fourth-order valence-electron chi connectivity index (χ4n) is 1.82. The normalized spacial score (nSPS) is 14.8. The van der Waals surface area contributed by atoms with Crippen molar-refractivity contribution in [2.24, 2.45) is 0 Å². The number of carboxylic acid groups (broad SMARTS) is 1. The summed E-state index contributed by atoms with van der Waals surface area (Å²) in [5, 5.41) is 8.91. The van der Waals surface area contributed by atoms with Crippen molar-refractivity contribution < 1.29 is 14.7 Å². The van der Waals surface area contributed by atoms with Gasteiger partial charge >= 0.3 is 5.97 Å². The van der Waals surface area contributed by atoms with Crippen LogP contribution in [0, 0.1) is 0 Å². The number of carboxylic acids is 1. The summed E-state index contributed by atoms with van der Waals surface area (Å²) >= 11 is 0. The standard InChI is InChI=1S/C12H13NO3/c1-2-8-3-4-9(12(15)16)7-10(8)13-6-5-11(13)14/h3-4,7H,2,5-6H2,1H3,(H,15,16). The molecular weight excluding hydrogens is 206 g/mol. The van der Waals surface area contributed by atoms with Crippen molar-refractivity contribution in [2.45, 2.75) is 19.8 Å². The van der Waals surface area contributed by atoms with Crippen LogP contribution in [0.25, 0.3) is 0 Å². The molecule has 0 saturated carbocycles. The lowest BCUT2D eigenvalue weighted by Gasteiger charge is -2.32. The number of hydrogen-bond acceptors (Lipinski definition) is 2. The Labute approximate surface area is 93.5 Å². The van der Waals surface area contributed by atoms with E-state index in [-0.39, 0.29) is 11.5 Å². The smallest absolute Gasteiger partial charge is 0.335 e. The van der Waals surface area contributed by atoms with Gasteiger partial charge in [-0.2, -0.15) is 0 Å². The Balaban J connectivity index is 2.43. The van der Waals surface area contributed by atoms with Crippen molar-refractivity contribution in [2.75, 3.05) is 11.4 Å². The molecule has 1 aromatic carbocycles. The molecule has 1 N–H and O–H groups in total. The molecule has 0 atom stereocenters. The molecule has 16 heavy (non-hydrogen) atoms. The molecular formula is C12H13NO3. The second-order valence-electron chi connectivity index (χ2n) is 3.80. The molecule has 0 aliphatic carbocycles. The summed E-state index contributed by atoms with van der Waals surface area (Å²) in [7, 11) is 0. The Hall–Kier alpha value is -1.84. The van der Waals surface area contributed by atoms with Gasteiger partial charge in [0.05, 0.1) is 5.56 Å². The summed E-state index contributed by atoms with van der Waals surface area (Å²) in [6.07, 6.45) is 1.35. The Bertz CT molecular complexity index is 454. The van der Waals surface area contributed by atoms with Crippen molar-refractivity contribution in [1.82, 2.24) is 0 Å². The number of β-lactam (4-membered cyclic amide) rings is 1. The molecule has 1 aliphatic heterocycles. The Morgan fingerprint density at radius 2 is 2.25 bits per heavy atom. The summed E-state index contributed by atoms with van der Waals surface area (Å²) in [6.45, 7) is 2.68. The molecule has 0 aromatic heterocycles. The van der Waals surface area contributed by atoms with Crippen LogP contribution >= 0.6 is 0 Å². The van der Waals surface area contributed by atoms with Crippen LogP contribution in [0.5, 0.6) is 0 Å². The highest BCUT2D eigenvalue weighted by Crippen LogP contribution is 2.27. The molecule has 1 heterocycles. The minimum atomic E-state index is -0.961. The zero-order chi connectivity index (χ0) is 11.7. The first-order chi connectivity index (χ1) is 7.63. The summed E-state index contributed by atoms with van der Waals surface area (Å²) in [5.41, 5.74) is 1.99. The van der Waals surface area contributed by atoms with Crippen molar-refractivity contribution in [1.29, 1.82) is 0 Å². The van der Waals surface area contributed by atoms with Crippen molar-refractivity contribution in [3.05, 3.63) is 29.3 Å². The lowest BCUT2D eigenvalue weighted by molar-refractivity contribution is -0.122. The second-order valence-corrected chi connectivity index (χ2v) is 3.80. The third-order valence-corrected chi connectivity index (χ3v) is 2.85. The zero-order valence-corrected chi connectivity index (χ0v) is 9.06. The lowest BCUT2D eigenvalue weighted by atomic mass is 10.0. The van der Waals surface area contributed by atoms with E-state index in [1.807, 2.05) is 6.92 Å². The minimum absolute atomic E-state index is 0.0669. The van der Waals surface area contributed by atoms with Crippen molar-refractivity contribution >= 4 is 17.6 Å². The van der Waals surface area contributed by atoms with Crippen LogP contribution in [0.1, 0.15) is 29.3 Å². The number of aryl methyl sites for hydroxylation is 1. The Morgan fingerprint density at radius 1 is 1.50 bits per heavy atom.